The molecule has 3 aromatic rings. The summed E-state index contributed by atoms with van der Waals surface area (Å²) < 4.78 is 5.39. The van der Waals surface area contributed by atoms with E-state index >= 15 is 0 Å². The number of fused-ring (bicyclic) bond motifs is 2. The number of nitrogens with one attached hydrogen (secondary N) is 1. The molecule has 0 spiro atoms. The summed E-state index contributed by atoms with van der Waals surface area (Å²) in [5.74, 6) is 0. The lowest BCUT2D eigenvalue weighted by Crippen LogP contribution is -2.19. The van der Waals surface area contributed by atoms with Gasteiger partial charge in [-0.2, -0.15) is 0 Å². The molecule has 0 bridgehead atoms. The molecule has 1 aliphatic carbocycles. The first-order chi connectivity index (χ1) is 12.5. The highest BCUT2D eigenvalue weighted by atomic mass is 32.1. The van der Waals surface area contributed by atoms with Crippen LogP contribution < -0.4 is 10.9 Å². The molecule has 26 heavy (non-hydrogen) atoms. The summed E-state index contributed by atoms with van der Waals surface area (Å²) in [6, 6.07) is 5.83. The summed E-state index contributed by atoms with van der Waals surface area (Å²) in [7, 11) is 0. The number of benzene rings is 1. The first kappa shape index (κ1) is 17.4. The molecule has 1 N–H and O–H groups in total. The van der Waals surface area contributed by atoms with Gasteiger partial charge in [-0.05, 0) is 75.3 Å². The molecular formula is C21H24N2O2S. The van der Waals surface area contributed by atoms with Gasteiger partial charge in [-0.15, -0.1) is 11.3 Å². The molecule has 0 aliphatic heterocycles. The van der Waals surface area contributed by atoms with Gasteiger partial charge in [0.05, 0.1) is 11.7 Å². The molecule has 1 unspecified atom stereocenters. The van der Waals surface area contributed by atoms with Crippen LogP contribution in [0.3, 0.4) is 0 Å². The normalized spacial score (nSPS) is 15.2. The summed E-state index contributed by atoms with van der Waals surface area (Å²) in [6.07, 6.45) is 4.81. The lowest BCUT2D eigenvalue weighted by molar-refractivity contribution is 0.545. The lowest BCUT2D eigenvalue weighted by Gasteiger charge is -2.13. The topological polar surface area (TPSA) is 55.1 Å². The largest absolute Gasteiger partial charge is 0.423 e. The zero-order chi connectivity index (χ0) is 18.3. The standard InChI is InChI=1S/C21H24N2O2S/c1-12-8-16-15(10-20(24)25-18(16)9-13(12)2)11-22-14(3)21-23-17-6-4-5-7-19(17)26-21/h8-10,14,22H,4-7,11H2,1-3H3. The first-order valence-corrected chi connectivity index (χ1v) is 10.1. The molecule has 1 aliphatic rings. The number of hydrogen-bond acceptors (Lipinski definition) is 5. The highest BCUT2D eigenvalue weighted by Crippen LogP contribution is 2.30. The summed E-state index contributed by atoms with van der Waals surface area (Å²) in [5, 5.41) is 5.70. The monoisotopic (exact) mass is 368 g/mol. The highest BCUT2D eigenvalue weighted by Gasteiger charge is 2.18. The van der Waals surface area contributed by atoms with Crippen molar-refractivity contribution < 1.29 is 4.42 Å². The fourth-order valence-corrected chi connectivity index (χ4v) is 4.72. The van der Waals surface area contributed by atoms with Gasteiger partial charge in [0.2, 0.25) is 0 Å². The molecule has 1 atom stereocenters. The van der Waals surface area contributed by atoms with Crippen LogP contribution in [0.5, 0.6) is 0 Å². The summed E-state index contributed by atoms with van der Waals surface area (Å²) in [5.41, 5.74) is 4.97. The van der Waals surface area contributed by atoms with Crippen LogP contribution >= 0.6 is 11.3 Å². The SMILES string of the molecule is Cc1cc2oc(=O)cc(CNC(C)c3nc4c(s3)CCCC4)c2cc1C. The molecule has 2 aromatic heterocycles. The van der Waals surface area contributed by atoms with E-state index < -0.39 is 0 Å². The number of aryl methyl sites for hydroxylation is 4. The zero-order valence-electron chi connectivity index (χ0n) is 15.5. The van der Waals surface area contributed by atoms with Crippen molar-refractivity contribution in [3.8, 4) is 0 Å². The van der Waals surface area contributed by atoms with Crippen molar-refractivity contribution in [2.45, 2.75) is 59.0 Å². The van der Waals surface area contributed by atoms with Crippen molar-refractivity contribution in [3.05, 3.63) is 60.9 Å². The zero-order valence-corrected chi connectivity index (χ0v) is 16.3. The van der Waals surface area contributed by atoms with Gasteiger partial charge in [0.1, 0.15) is 10.6 Å². The number of aromatic nitrogens is 1. The first-order valence-electron chi connectivity index (χ1n) is 9.27. The van der Waals surface area contributed by atoms with E-state index in [2.05, 4.69) is 25.2 Å². The Morgan fingerprint density at radius 3 is 2.77 bits per heavy atom. The second-order valence-corrected chi connectivity index (χ2v) is 8.37. The van der Waals surface area contributed by atoms with Crippen molar-refractivity contribution in [1.82, 2.24) is 10.3 Å². The molecule has 4 rings (SSSR count). The van der Waals surface area contributed by atoms with E-state index in [9.17, 15) is 4.79 Å². The maximum Gasteiger partial charge on any atom is 0.336 e. The minimum atomic E-state index is -0.296. The van der Waals surface area contributed by atoms with Gasteiger partial charge >= 0.3 is 5.63 Å². The summed E-state index contributed by atoms with van der Waals surface area (Å²) >= 11 is 1.84. The Bertz CT molecular complexity index is 995. The molecule has 0 saturated heterocycles. The number of nitrogens with zero attached hydrogens (tertiary/aromatic N) is 1. The average molecular weight is 369 g/mol. The van der Waals surface area contributed by atoms with E-state index in [1.165, 1.54) is 35.4 Å². The van der Waals surface area contributed by atoms with Crippen LogP contribution in [0.25, 0.3) is 11.0 Å². The quantitative estimate of drug-likeness (QED) is 0.684. The minimum absolute atomic E-state index is 0.166. The van der Waals surface area contributed by atoms with Crippen LogP contribution in [-0.2, 0) is 19.4 Å². The minimum Gasteiger partial charge on any atom is -0.423 e. The van der Waals surface area contributed by atoms with Gasteiger partial charge in [0.15, 0.2) is 0 Å². The molecule has 5 heteroatoms. The Morgan fingerprint density at radius 1 is 1.19 bits per heavy atom. The maximum atomic E-state index is 11.9. The molecule has 0 amide bonds. The second-order valence-electron chi connectivity index (χ2n) is 7.25. The smallest absolute Gasteiger partial charge is 0.336 e. The number of hydrogen-bond donors (Lipinski definition) is 1. The Balaban J connectivity index is 1.58. The van der Waals surface area contributed by atoms with Crippen LogP contribution in [-0.4, -0.2) is 4.98 Å². The van der Waals surface area contributed by atoms with Crippen LogP contribution in [0.1, 0.15) is 58.1 Å². The molecule has 0 radical (unpaired) electrons. The van der Waals surface area contributed by atoms with Crippen molar-refractivity contribution >= 4 is 22.3 Å². The summed E-state index contributed by atoms with van der Waals surface area (Å²) in [6.45, 7) is 6.88. The van der Waals surface area contributed by atoms with Crippen LogP contribution in [0.4, 0.5) is 0 Å². The number of rotatable bonds is 4. The van der Waals surface area contributed by atoms with Crippen LogP contribution in [0.15, 0.2) is 27.4 Å². The van der Waals surface area contributed by atoms with Gasteiger partial charge in [-0.3, -0.25) is 0 Å². The third-order valence-corrected chi connectivity index (χ3v) is 6.62. The van der Waals surface area contributed by atoms with Crippen molar-refractivity contribution in [3.63, 3.8) is 0 Å². The average Bonchev–Trinajstić information content (AvgIpc) is 3.05. The molecule has 0 saturated carbocycles. The highest BCUT2D eigenvalue weighted by molar-refractivity contribution is 7.11. The van der Waals surface area contributed by atoms with Crippen LogP contribution in [0.2, 0.25) is 0 Å². The number of thiazole rings is 1. The van der Waals surface area contributed by atoms with Gasteiger partial charge in [-0.25, -0.2) is 9.78 Å². The Labute approximate surface area is 157 Å². The summed E-state index contributed by atoms with van der Waals surface area (Å²) in [4.78, 5) is 18.2. The lowest BCUT2D eigenvalue weighted by atomic mass is 10.0. The maximum absolute atomic E-state index is 11.9. The van der Waals surface area contributed by atoms with Crippen molar-refractivity contribution in [2.75, 3.05) is 0 Å². The van der Waals surface area contributed by atoms with E-state index in [0.29, 0.717) is 12.1 Å². The van der Waals surface area contributed by atoms with Gasteiger partial charge in [0.25, 0.3) is 0 Å². The molecule has 0 fully saturated rings. The Hall–Kier alpha value is -1.98. The van der Waals surface area contributed by atoms with E-state index in [1.807, 2.05) is 24.3 Å². The van der Waals surface area contributed by atoms with Gasteiger partial charge in [-0.1, -0.05) is 0 Å². The van der Waals surface area contributed by atoms with E-state index in [-0.39, 0.29) is 11.7 Å². The molecule has 2 heterocycles. The molecular weight excluding hydrogens is 344 g/mol. The van der Waals surface area contributed by atoms with Crippen LogP contribution in [0, 0.1) is 13.8 Å². The fourth-order valence-electron chi connectivity index (χ4n) is 3.54. The molecule has 4 nitrogen and oxygen atoms in total. The van der Waals surface area contributed by atoms with E-state index in [0.717, 1.165) is 27.9 Å². The van der Waals surface area contributed by atoms with Crippen molar-refractivity contribution in [1.29, 1.82) is 0 Å². The second kappa shape index (κ2) is 6.97. The van der Waals surface area contributed by atoms with E-state index in [4.69, 9.17) is 9.40 Å². The third kappa shape index (κ3) is 3.33. The van der Waals surface area contributed by atoms with Gasteiger partial charge < -0.3 is 9.73 Å². The van der Waals surface area contributed by atoms with E-state index in [1.54, 1.807) is 6.07 Å². The van der Waals surface area contributed by atoms with Gasteiger partial charge in [0, 0.05) is 22.9 Å². The predicted molar refractivity (Wildman–Crippen MR) is 106 cm³/mol. The van der Waals surface area contributed by atoms with Crippen molar-refractivity contribution in [2.24, 2.45) is 0 Å². The fraction of sp³-hybridized carbons (Fsp3) is 0.429. The Kier molecular flexibility index (Phi) is 4.67. The predicted octanol–water partition coefficient (Wildman–Crippen LogP) is 4.60. The Morgan fingerprint density at radius 2 is 1.96 bits per heavy atom. The third-order valence-electron chi connectivity index (χ3n) is 5.28. The molecule has 136 valence electrons. The molecule has 1 aromatic carbocycles.